The number of Topliss-reactive ketones (excluding diaryl/α,β-unsaturated/α-hetero) is 1. The fourth-order valence-corrected chi connectivity index (χ4v) is 12.4. The third-order valence-corrected chi connectivity index (χ3v) is 19.7. The number of halogens is 4. The molecule has 3 N–H and O–H groups in total. The summed E-state index contributed by atoms with van der Waals surface area (Å²) in [6.45, 7) is 14.9. The van der Waals surface area contributed by atoms with Gasteiger partial charge in [0.1, 0.15) is 0 Å². The topological polar surface area (TPSA) is 233 Å². The van der Waals surface area contributed by atoms with Gasteiger partial charge in [-0.1, -0.05) is 309 Å². The summed E-state index contributed by atoms with van der Waals surface area (Å²) in [5.41, 5.74) is 10.9. The first-order valence-corrected chi connectivity index (χ1v) is 47.3. The summed E-state index contributed by atoms with van der Waals surface area (Å²) in [6, 6.07) is 107. The number of aromatic amines is 1. The molecular weight excluding hydrogens is 1790 g/mol. The second kappa shape index (κ2) is 57.4. The fraction of sp³-hybridized carbons (Fsp3) is 0.0583. The zero-order valence-electron chi connectivity index (χ0n) is 69.5. The third kappa shape index (κ3) is 34.7. The molecule has 0 amide bonds. The van der Waals surface area contributed by atoms with Gasteiger partial charge in [-0.25, -0.2) is 4.98 Å². The van der Waals surface area contributed by atoms with Crippen molar-refractivity contribution in [2.24, 2.45) is 0 Å². The maximum absolute atomic E-state index is 12.6. The number of aryl methyl sites for hydroxylation is 2. The van der Waals surface area contributed by atoms with Gasteiger partial charge in [-0.2, -0.15) is 66.6 Å². The van der Waals surface area contributed by atoms with Crippen molar-refractivity contribution in [3.05, 3.63) is 445 Å². The molecule has 656 valence electrons. The van der Waals surface area contributed by atoms with Crippen molar-refractivity contribution in [1.82, 2.24) is 24.9 Å². The molecule has 0 aliphatic heterocycles. The van der Waals surface area contributed by atoms with Crippen LogP contribution in [-0.2, 0) is 29.4 Å². The van der Waals surface area contributed by atoms with Crippen molar-refractivity contribution in [1.29, 1.82) is 10.5 Å². The van der Waals surface area contributed by atoms with Crippen molar-refractivity contribution < 1.29 is 53.0 Å². The van der Waals surface area contributed by atoms with Crippen LogP contribution in [-0.4, -0.2) is 84.8 Å². The number of fused-ring (bicyclic) bond motifs is 5. The van der Waals surface area contributed by atoms with Crippen LogP contribution < -0.4 is 27.6 Å². The van der Waals surface area contributed by atoms with E-state index in [1.165, 1.54) is 63.3 Å². The van der Waals surface area contributed by atoms with E-state index in [1.807, 2.05) is 195 Å². The zero-order valence-corrected chi connectivity index (χ0v) is 79.5. The minimum absolute atomic E-state index is 0. The summed E-state index contributed by atoms with van der Waals surface area (Å²) in [7, 11) is 3.58. The molecule has 5 atom stereocenters. The van der Waals surface area contributed by atoms with Gasteiger partial charge >= 0.3 is 45.8 Å². The number of pyridine rings is 5. The number of carbonyl (C=O) groups is 1. The summed E-state index contributed by atoms with van der Waals surface area (Å²) >= 11 is 0. The Kier molecular flexibility index (Phi) is 48.9. The monoisotopic (exact) mass is 1890 g/mol. The molecule has 17 aromatic rings. The molecule has 130 heavy (non-hydrogen) atoms. The molecule has 12 aromatic carbocycles. The smallest absolute Gasteiger partial charge is 1.00 e. The molecular formula is C103H98BClF3MgN7O7P6S. The van der Waals surface area contributed by atoms with E-state index in [2.05, 4.69) is 201 Å². The third-order valence-electron chi connectivity index (χ3n) is 18.7. The van der Waals surface area contributed by atoms with Crippen LogP contribution in [0, 0.1) is 29.6 Å². The van der Waals surface area contributed by atoms with Crippen LogP contribution in [0.4, 0.5) is 13.2 Å². The van der Waals surface area contributed by atoms with E-state index in [1.54, 1.807) is 42.6 Å². The van der Waals surface area contributed by atoms with Gasteiger partial charge in [0.25, 0.3) is 0 Å². The van der Waals surface area contributed by atoms with Gasteiger partial charge in [-0.15, -0.1) is 47.8 Å². The van der Waals surface area contributed by atoms with E-state index >= 15 is 0 Å². The minimum Gasteiger partial charge on any atom is -1.00 e. The molecule has 17 rings (SSSR count). The molecule has 5 heterocycles. The van der Waals surface area contributed by atoms with Gasteiger partial charge in [0.2, 0.25) is 11.4 Å². The standard InChI is InChI=1S/C25H19NO.C25H21N.C16H10N2.C10H6F3NO3S.C9H7NO.C9H9.C7H6BNO2.2CH4.ClH.Mg.H5P3.H4P2.H3P/c1-2-18-7-9-19(10-8-18)15-25(27)21-13-11-20(12-14-21)24-16-22-5-3-4-6-23(22)17-26-24;1-2-19-7-9-20(10-8-19)11-12-21-13-15-22(16-14-21)25-17-23-5-3-4-6-24(23)18-26-25;17-10-12-5-7-13(8-6-12)16-9-14-3-1-2-4-15(14)11-18-16;11-10(12,13)18(15,16)17-9-5-7-3-1-2-4-8(7)6-14-9;11-9-5-7-3-1-2-4-8(7)6-10-9;1-3-9-6-4-8(2)5-7-9;9-5-6-1-3-7(4-2-6)8(10)11;;;;;1-3-2;1-2;/h2-14,16-17H,1,15H2;2-10,13-18H,1,11-12H2;1-9,11H;1-6H;1-6H,(H,10,11);3-7H,1-2H2;1-4,10-11H;2*1H4;1H;;3H,1-2H2;1-2H2;1H3/q;;;;;-1;;;;;+2;;;/p-1. The molecule has 14 nitrogen and oxygen atoms in total. The Bertz CT molecular complexity index is 6720. The van der Waals surface area contributed by atoms with Crippen LogP contribution in [0.3, 0.4) is 0 Å². The fourth-order valence-electron chi connectivity index (χ4n) is 12.0. The van der Waals surface area contributed by atoms with Crippen LogP contribution in [0.1, 0.15) is 75.3 Å². The maximum atomic E-state index is 12.6. The summed E-state index contributed by atoms with van der Waals surface area (Å²) in [5, 5.41) is 44.7. The van der Waals surface area contributed by atoms with E-state index in [0.29, 0.717) is 39.3 Å². The number of nitrogens with zero attached hydrogens (tertiary/aromatic N) is 6. The first-order chi connectivity index (χ1) is 60.5. The normalized spacial score (nSPS) is 9.93. The van der Waals surface area contributed by atoms with E-state index in [-0.39, 0.29) is 71.6 Å². The van der Waals surface area contributed by atoms with Crippen LogP contribution >= 0.6 is 53.6 Å². The number of hydrogen-bond acceptors (Lipinski definition) is 13. The van der Waals surface area contributed by atoms with Crippen molar-refractivity contribution in [2.75, 3.05) is 0 Å². The number of hydrogen-bond donors (Lipinski definition) is 3. The first-order valence-electron chi connectivity index (χ1n) is 38.6. The van der Waals surface area contributed by atoms with Crippen LogP contribution in [0.15, 0.2) is 377 Å². The van der Waals surface area contributed by atoms with E-state index in [9.17, 15) is 31.2 Å². The number of rotatable bonds is 15. The van der Waals surface area contributed by atoms with E-state index in [0.717, 1.165) is 110 Å². The zero-order chi connectivity index (χ0) is 89.5. The molecule has 0 aliphatic carbocycles. The Labute approximate surface area is 796 Å². The summed E-state index contributed by atoms with van der Waals surface area (Å²) in [4.78, 5) is 43.1. The van der Waals surface area contributed by atoms with E-state index < -0.39 is 28.6 Å². The number of H-pyrrole nitrogens is 1. The minimum atomic E-state index is -5.68. The van der Waals surface area contributed by atoms with E-state index in [4.69, 9.17) is 20.6 Å². The average molecular weight is 1890 g/mol. The van der Waals surface area contributed by atoms with Crippen molar-refractivity contribution >= 4 is 177 Å². The Morgan fingerprint density at radius 3 is 1.15 bits per heavy atom. The van der Waals surface area contributed by atoms with Crippen LogP contribution in [0.5, 0.6) is 5.88 Å². The predicted molar refractivity (Wildman–Crippen MR) is 556 cm³/mol. The number of ketones is 1. The molecule has 27 heteroatoms. The number of aromatic nitrogens is 5. The maximum Gasteiger partial charge on any atom is 2.00 e. The molecule has 0 spiro atoms. The average Bonchev–Trinajstić information content (AvgIpc) is 0.829. The number of nitrogens with one attached hydrogen (secondary N) is 1. The molecule has 0 saturated carbocycles. The quantitative estimate of drug-likeness (QED) is 0.0217. The Morgan fingerprint density at radius 1 is 0.477 bits per heavy atom. The van der Waals surface area contributed by atoms with Crippen molar-refractivity contribution in [3.63, 3.8) is 0 Å². The Balaban J connectivity index is 0.000000322. The largest absolute Gasteiger partial charge is 2.00 e. The molecule has 0 radical (unpaired) electrons. The first kappa shape index (κ1) is 111. The molecule has 0 fully saturated rings. The second-order valence-electron chi connectivity index (χ2n) is 27.2. The Morgan fingerprint density at radius 2 is 0.785 bits per heavy atom. The van der Waals surface area contributed by atoms with Crippen LogP contribution in [0.2, 0.25) is 0 Å². The Hall–Kier alpha value is -11.6. The molecule has 0 saturated heterocycles. The molecule has 5 aromatic heterocycles. The predicted octanol–water partition coefficient (Wildman–Crippen LogP) is 21.7. The van der Waals surface area contributed by atoms with Crippen molar-refractivity contribution in [2.45, 2.75) is 39.6 Å². The van der Waals surface area contributed by atoms with Gasteiger partial charge in [-0.05, 0) is 121 Å². The van der Waals surface area contributed by atoms with Gasteiger partial charge in [0, 0.05) is 93.3 Å². The second-order valence-corrected chi connectivity index (χ2v) is 33.1. The van der Waals surface area contributed by atoms with Gasteiger partial charge in [0.05, 0.1) is 40.3 Å². The van der Waals surface area contributed by atoms with Crippen molar-refractivity contribution in [3.8, 4) is 51.8 Å². The molecule has 0 aliphatic rings. The number of nitriles is 2. The number of alkyl halides is 3. The number of carbonyl (C=O) groups excluding carboxylic acids is 1. The van der Waals surface area contributed by atoms with Crippen LogP contribution in [0.25, 0.3) is 106 Å². The SMILES string of the molecule is C.C.C=Cc1ccc(CC(=O)c2ccc(-c3cc4ccccc4cn3)cc2)cc1.C=Cc1ccc(CCc2ccc(-c3cc4ccccc4cn3)cc2)cc1.C=Cc1ccc([CH2-])cc1.N#Cc1ccc(-c2cc3ccccc3cn2)cc1.N#Cc1ccc(B(O)O)cc1.O=S(=O)(Oc1cc2ccccc2cn1)C(F)(F)F.O=c1cc2ccccc2c[nH]1.P.PP.PPP.[Cl-].[Mg+2]. The van der Waals surface area contributed by atoms with Gasteiger partial charge in [-0.3, -0.25) is 24.5 Å². The summed E-state index contributed by atoms with van der Waals surface area (Å²) in [5.74, 6) is -0.509. The molecule has 0 bridgehead atoms. The van der Waals surface area contributed by atoms with Gasteiger partial charge < -0.3 is 31.6 Å². The summed E-state index contributed by atoms with van der Waals surface area (Å²) < 4.78 is 61.7. The van der Waals surface area contributed by atoms with Gasteiger partial charge in [0.15, 0.2) is 5.78 Å². The number of benzene rings is 12. The summed E-state index contributed by atoms with van der Waals surface area (Å²) in [6.07, 6.45) is 16.6. The molecule has 5 unspecified atom stereocenters.